The number of hydrogen-bond donors (Lipinski definition) is 5. The number of carboxylic acid groups (broad SMARTS) is 3. The zero-order chi connectivity index (χ0) is 32.0. The van der Waals surface area contributed by atoms with Crippen molar-refractivity contribution in [2.24, 2.45) is 0 Å². The molecule has 5 rings (SSSR count). The second kappa shape index (κ2) is 13.3. The molecule has 0 fully saturated rings. The third-order valence-corrected chi connectivity index (χ3v) is 8.94. The van der Waals surface area contributed by atoms with E-state index in [1.165, 1.54) is 0 Å². The molecular weight excluding hydrogens is 600 g/mol. The summed E-state index contributed by atoms with van der Waals surface area (Å²) in [6.45, 7) is 13.7. The zero-order valence-corrected chi connectivity index (χ0v) is 28.4. The van der Waals surface area contributed by atoms with Crippen LogP contribution in [0.25, 0.3) is 39.3 Å². The molecule has 228 valence electrons. The summed E-state index contributed by atoms with van der Waals surface area (Å²) in [6.07, 6.45) is 2.03. The fourth-order valence-electron chi connectivity index (χ4n) is 6.53. The molecule has 2 atom stereocenters. The van der Waals surface area contributed by atoms with Crippen LogP contribution in [0.2, 0.25) is 0 Å². The predicted octanol–water partition coefficient (Wildman–Crippen LogP) is 6.15. The van der Waals surface area contributed by atoms with E-state index in [0.717, 1.165) is 44.3 Å². The minimum Gasteiger partial charge on any atom is -0.481 e. The van der Waals surface area contributed by atoms with Gasteiger partial charge in [-0.2, -0.15) is 0 Å². The molecule has 0 saturated carbocycles. The Morgan fingerprint density at radius 1 is 0.911 bits per heavy atom. The number of rotatable bonds is 8. The zero-order valence-electron chi connectivity index (χ0n) is 26.2. The summed E-state index contributed by atoms with van der Waals surface area (Å²) in [5, 5.41) is 29.9. The summed E-state index contributed by atoms with van der Waals surface area (Å²) in [7, 11) is 0. The molecule has 45 heavy (non-hydrogen) atoms. The van der Waals surface area contributed by atoms with Crippen LogP contribution in [0.15, 0.2) is 24.8 Å². The van der Waals surface area contributed by atoms with Gasteiger partial charge in [0.25, 0.3) is 0 Å². The molecule has 3 aromatic rings. The molecular formula is C34H36CaN4O6+2. The molecule has 8 bridgehead atoms. The normalized spacial score (nSPS) is 15.9. The van der Waals surface area contributed by atoms with Gasteiger partial charge in [0.05, 0.1) is 29.1 Å². The van der Waals surface area contributed by atoms with Crippen molar-refractivity contribution in [2.45, 2.75) is 72.1 Å². The Bertz CT molecular complexity index is 1950. The number of hydrogen-bond acceptors (Lipinski definition) is 5. The summed E-state index contributed by atoms with van der Waals surface area (Å²) < 4.78 is 0. The molecule has 10 nitrogen and oxygen atoms in total. The number of aryl methyl sites for hydroxylation is 3. The number of fused-ring (bicyclic) bond motifs is 8. The van der Waals surface area contributed by atoms with E-state index in [1.807, 2.05) is 45.9 Å². The molecule has 3 aromatic heterocycles. The minimum absolute atomic E-state index is 0. The number of H-pyrrole nitrogens is 2. The molecule has 5 heterocycles. The first-order valence-electron chi connectivity index (χ1n) is 14.6. The minimum atomic E-state index is -1.23. The van der Waals surface area contributed by atoms with Crippen LogP contribution >= 0.6 is 0 Å². The van der Waals surface area contributed by atoms with Crippen LogP contribution in [0, 0.1) is 13.8 Å². The second-order valence-corrected chi connectivity index (χ2v) is 11.5. The number of carbonyl (C=O) groups is 3. The second-order valence-electron chi connectivity index (χ2n) is 11.5. The molecule has 0 unspecified atom stereocenters. The monoisotopic (exact) mass is 636 g/mol. The van der Waals surface area contributed by atoms with Gasteiger partial charge in [-0.15, -0.1) is 0 Å². The van der Waals surface area contributed by atoms with Gasteiger partial charge in [0.15, 0.2) is 0 Å². The first kappa shape index (κ1) is 34.1. The van der Waals surface area contributed by atoms with Crippen molar-refractivity contribution >= 4 is 94.9 Å². The average Bonchev–Trinajstić information content (AvgIpc) is 3.63. The smallest absolute Gasteiger partial charge is 0.481 e. The van der Waals surface area contributed by atoms with Crippen LogP contribution < -0.4 is 0 Å². The van der Waals surface area contributed by atoms with Crippen molar-refractivity contribution in [3.8, 4) is 0 Å². The van der Waals surface area contributed by atoms with E-state index in [0.29, 0.717) is 29.1 Å². The van der Waals surface area contributed by atoms with E-state index in [4.69, 9.17) is 9.97 Å². The fourth-order valence-corrected chi connectivity index (χ4v) is 6.53. The van der Waals surface area contributed by atoms with E-state index in [-0.39, 0.29) is 73.3 Å². The van der Waals surface area contributed by atoms with Crippen molar-refractivity contribution < 1.29 is 29.7 Å². The quantitative estimate of drug-likeness (QED) is 0.183. The SMILES string of the molecule is C=Cc1c(C)c2cc3nc(c(CC(=O)O)c4nc(cc5[nH]c(cc1[nH]2)c(C)c5CC)C(C)=C4C(=O)O)[C@@H](CCC(=O)O)[C@@H]3C.[Ca+2]. The first-order valence-corrected chi connectivity index (χ1v) is 14.6. The van der Waals surface area contributed by atoms with E-state index in [1.54, 1.807) is 13.0 Å². The van der Waals surface area contributed by atoms with Gasteiger partial charge in [0.1, 0.15) is 0 Å². The first-order chi connectivity index (χ1) is 20.9. The number of aromatic nitrogens is 4. The Morgan fingerprint density at radius 3 is 2.18 bits per heavy atom. The molecule has 0 saturated heterocycles. The third-order valence-electron chi connectivity index (χ3n) is 8.94. The average molecular weight is 637 g/mol. The summed E-state index contributed by atoms with van der Waals surface area (Å²) >= 11 is 0. The van der Waals surface area contributed by atoms with E-state index < -0.39 is 30.2 Å². The van der Waals surface area contributed by atoms with E-state index >= 15 is 0 Å². The van der Waals surface area contributed by atoms with E-state index in [2.05, 4.69) is 16.5 Å². The Kier molecular flexibility index (Phi) is 10.1. The van der Waals surface area contributed by atoms with Crippen molar-refractivity contribution in [3.63, 3.8) is 0 Å². The molecule has 2 aliphatic rings. The standard InChI is InChI=1S/C34H36N4O6.Ca/c1-7-19-15(3)23-12-25-17(5)21(9-10-29(39)40)32(37-25)22(11-30(41)42)33-31(34(43)44)18(6)26(38-33)14-28-20(8-2)16(4)24(36-28)13-27(19)35-23;/h7,12-14,17,21,35-36H,1,8-11H2,2-6H3,(H,39,40)(H,41,42)(H,43,44);/q;+2/t17-,21-;/m0./s1. The Morgan fingerprint density at radius 2 is 1.58 bits per heavy atom. The molecule has 5 N–H and O–H groups in total. The third kappa shape index (κ3) is 6.23. The van der Waals surface area contributed by atoms with Crippen LogP contribution in [0.5, 0.6) is 0 Å². The van der Waals surface area contributed by atoms with Crippen molar-refractivity contribution in [1.29, 1.82) is 0 Å². The van der Waals surface area contributed by atoms with Crippen LogP contribution in [-0.4, -0.2) is 90.9 Å². The van der Waals surface area contributed by atoms with Gasteiger partial charge in [0, 0.05) is 57.1 Å². The number of nitrogens with one attached hydrogen (secondary N) is 2. The van der Waals surface area contributed by atoms with E-state index in [9.17, 15) is 29.7 Å². The van der Waals surface area contributed by atoms with Crippen LogP contribution in [0.1, 0.15) is 96.0 Å². The van der Waals surface area contributed by atoms with Gasteiger partial charge in [0.2, 0.25) is 0 Å². The maximum atomic E-state index is 12.7. The number of carboxylic acids is 3. The Labute approximate surface area is 290 Å². The molecule has 0 amide bonds. The largest absolute Gasteiger partial charge is 2.00 e. The maximum Gasteiger partial charge on any atom is 2.00 e. The number of aliphatic carboxylic acids is 3. The van der Waals surface area contributed by atoms with Crippen molar-refractivity contribution in [1.82, 2.24) is 19.9 Å². The fraction of sp³-hybridized carbons (Fsp3) is 0.324. The Balaban J connectivity index is 0.00000461. The summed E-state index contributed by atoms with van der Waals surface area (Å²) in [6, 6.07) is 5.75. The van der Waals surface area contributed by atoms with Crippen LogP contribution in [0.3, 0.4) is 0 Å². The van der Waals surface area contributed by atoms with Crippen LogP contribution in [0.4, 0.5) is 0 Å². The Hall–Kier alpha value is -3.73. The van der Waals surface area contributed by atoms with Gasteiger partial charge >= 0.3 is 55.6 Å². The molecule has 0 aromatic carbocycles. The molecule has 0 aliphatic carbocycles. The number of allylic oxidation sites excluding steroid dienone is 1. The topological polar surface area (TPSA) is 169 Å². The van der Waals surface area contributed by atoms with Crippen molar-refractivity contribution in [3.05, 3.63) is 75.4 Å². The summed E-state index contributed by atoms with van der Waals surface area (Å²) in [5.74, 6) is -4.13. The number of aromatic amines is 2. The number of nitrogens with zero attached hydrogens (tertiary/aromatic N) is 2. The van der Waals surface area contributed by atoms with Crippen molar-refractivity contribution in [2.75, 3.05) is 0 Å². The summed E-state index contributed by atoms with van der Waals surface area (Å²) in [5.41, 5.74) is 9.23. The van der Waals surface area contributed by atoms with Gasteiger partial charge < -0.3 is 25.3 Å². The van der Waals surface area contributed by atoms with Gasteiger partial charge in [-0.05, 0) is 74.1 Å². The molecule has 0 spiro atoms. The van der Waals surface area contributed by atoms with Crippen LogP contribution in [-0.2, 0) is 27.2 Å². The van der Waals surface area contributed by atoms with Gasteiger partial charge in [-0.3, -0.25) is 14.6 Å². The molecule has 0 radical (unpaired) electrons. The predicted molar refractivity (Wildman–Crippen MR) is 175 cm³/mol. The molecule has 2 aliphatic heterocycles. The van der Waals surface area contributed by atoms with Gasteiger partial charge in [-0.1, -0.05) is 26.5 Å². The maximum absolute atomic E-state index is 12.7. The molecule has 11 heteroatoms. The summed E-state index contributed by atoms with van der Waals surface area (Å²) in [4.78, 5) is 53.2. The van der Waals surface area contributed by atoms with Gasteiger partial charge in [-0.25, -0.2) is 9.78 Å².